The minimum atomic E-state index is 0.244. The fourth-order valence-electron chi connectivity index (χ4n) is 2.73. The molecule has 3 heterocycles. The van der Waals surface area contributed by atoms with E-state index in [0.29, 0.717) is 11.9 Å². The zero-order valence-electron chi connectivity index (χ0n) is 11.8. The fourth-order valence-corrected chi connectivity index (χ4v) is 2.73. The minimum Gasteiger partial charge on any atom is -0.368 e. The van der Waals surface area contributed by atoms with Crippen LogP contribution in [-0.2, 0) is 0 Å². The van der Waals surface area contributed by atoms with Crippen LogP contribution in [0.4, 0.5) is 11.9 Å². The van der Waals surface area contributed by atoms with Gasteiger partial charge in [-0.05, 0) is 12.8 Å². The zero-order chi connectivity index (χ0) is 14.2. The topological polar surface area (TPSA) is 89.0 Å². The summed E-state index contributed by atoms with van der Waals surface area (Å²) in [5.41, 5.74) is 5.82. The largest absolute Gasteiger partial charge is 0.368 e. The van der Waals surface area contributed by atoms with Crippen LogP contribution in [-0.4, -0.2) is 61.6 Å². The molecular formula is C13H18N8. The quantitative estimate of drug-likeness (QED) is 0.844. The SMILES string of the molecule is Nc1nc(N2CCN(C3CC3)CC2)nc(-n2ccnc2)n1. The molecule has 0 aromatic carbocycles. The maximum absolute atomic E-state index is 5.82. The first-order chi connectivity index (χ1) is 10.3. The Bertz CT molecular complexity index is 613. The normalized spacial score (nSPS) is 19.9. The smallest absolute Gasteiger partial charge is 0.241 e. The zero-order valence-corrected chi connectivity index (χ0v) is 11.8. The van der Waals surface area contributed by atoms with Crippen molar-refractivity contribution in [2.75, 3.05) is 36.8 Å². The Hall–Kier alpha value is -2.22. The molecular weight excluding hydrogens is 268 g/mol. The number of hydrogen-bond donors (Lipinski definition) is 1. The number of nitrogen functional groups attached to an aromatic ring is 1. The van der Waals surface area contributed by atoms with Gasteiger partial charge in [0, 0.05) is 44.6 Å². The Morgan fingerprint density at radius 2 is 1.76 bits per heavy atom. The highest BCUT2D eigenvalue weighted by Crippen LogP contribution is 2.28. The number of hydrogen-bond acceptors (Lipinski definition) is 7. The van der Waals surface area contributed by atoms with Gasteiger partial charge in [-0.25, -0.2) is 4.98 Å². The highest BCUT2D eigenvalue weighted by Gasteiger charge is 2.31. The predicted molar refractivity (Wildman–Crippen MR) is 78.2 cm³/mol. The molecule has 1 saturated carbocycles. The Balaban J connectivity index is 1.54. The summed E-state index contributed by atoms with van der Waals surface area (Å²) in [5, 5.41) is 0. The van der Waals surface area contributed by atoms with Crippen molar-refractivity contribution >= 4 is 11.9 Å². The molecule has 2 aromatic rings. The number of aromatic nitrogens is 5. The lowest BCUT2D eigenvalue weighted by Gasteiger charge is -2.34. The third kappa shape index (κ3) is 2.54. The standard InChI is InChI=1S/C13H18N8/c14-11-16-12(18-13(17-11)21-4-3-15-9-21)20-7-5-19(6-8-20)10-1-2-10/h3-4,9-10H,1-2,5-8H2,(H2,14,16,17,18). The molecule has 110 valence electrons. The van der Waals surface area contributed by atoms with Gasteiger partial charge in [0.25, 0.3) is 0 Å². The summed E-state index contributed by atoms with van der Waals surface area (Å²) in [7, 11) is 0. The molecule has 21 heavy (non-hydrogen) atoms. The van der Waals surface area contributed by atoms with Crippen molar-refractivity contribution in [2.45, 2.75) is 18.9 Å². The molecule has 0 radical (unpaired) electrons. The Morgan fingerprint density at radius 1 is 1.00 bits per heavy atom. The van der Waals surface area contributed by atoms with Gasteiger partial charge < -0.3 is 10.6 Å². The van der Waals surface area contributed by atoms with E-state index in [2.05, 4.69) is 29.7 Å². The van der Waals surface area contributed by atoms with Gasteiger partial charge in [-0.1, -0.05) is 0 Å². The van der Waals surface area contributed by atoms with Crippen LogP contribution < -0.4 is 10.6 Å². The highest BCUT2D eigenvalue weighted by molar-refractivity contribution is 5.38. The summed E-state index contributed by atoms with van der Waals surface area (Å²) in [6.07, 6.45) is 7.84. The third-order valence-electron chi connectivity index (χ3n) is 4.02. The molecule has 1 aliphatic carbocycles. The summed E-state index contributed by atoms with van der Waals surface area (Å²) in [6.45, 7) is 4.00. The van der Waals surface area contributed by atoms with Crippen LogP contribution in [0.25, 0.3) is 5.95 Å². The summed E-state index contributed by atoms with van der Waals surface area (Å²) in [5.74, 6) is 1.41. The van der Waals surface area contributed by atoms with E-state index in [0.717, 1.165) is 32.2 Å². The molecule has 1 saturated heterocycles. The third-order valence-corrected chi connectivity index (χ3v) is 4.02. The molecule has 8 heteroatoms. The van der Waals surface area contributed by atoms with E-state index in [4.69, 9.17) is 5.73 Å². The molecule has 2 aliphatic rings. The number of piperazine rings is 1. The van der Waals surface area contributed by atoms with Gasteiger partial charge in [0.05, 0.1) is 0 Å². The Kier molecular flexibility index (Phi) is 2.95. The molecule has 0 atom stereocenters. The van der Waals surface area contributed by atoms with E-state index < -0.39 is 0 Å². The minimum absolute atomic E-state index is 0.244. The molecule has 2 N–H and O–H groups in total. The number of rotatable bonds is 3. The summed E-state index contributed by atoms with van der Waals surface area (Å²) in [6, 6.07) is 0.817. The first-order valence-electron chi connectivity index (χ1n) is 7.28. The molecule has 0 amide bonds. The summed E-state index contributed by atoms with van der Waals surface area (Å²) in [4.78, 5) is 21.7. The summed E-state index contributed by atoms with van der Waals surface area (Å²) < 4.78 is 1.74. The van der Waals surface area contributed by atoms with E-state index in [1.807, 2.05) is 0 Å². The second-order valence-electron chi connectivity index (χ2n) is 5.52. The van der Waals surface area contributed by atoms with Crippen molar-refractivity contribution in [2.24, 2.45) is 0 Å². The summed E-state index contributed by atoms with van der Waals surface area (Å²) >= 11 is 0. The van der Waals surface area contributed by atoms with Crippen molar-refractivity contribution in [3.05, 3.63) is 18.7 Å². The number of nitrogens with two attached hydrogens (primary N) is 1. The van der Waals surface area contributed by atoms with Gasteiger partial charge in [0.1, 0.15) is 6.33 Å². The van der Waals surface area contributed by atoms with Crippen LogP contribution >= 0.6 is 0 Å². The van der Waals surface area contributed by atoms with Crippen molar-refractivity contribution in [1.29, 1.82) is 0 Å². The Morgan fingerprint density at radius 3 is 2.43 bits per heavy atom. The predicted octanol–water partition coefficient (Wildman–Crippen LogP) is -0.0761. The van der Waals surface area contributed by atoms with E-state index in [1.54, 1.807) is 23.3 Å². The van der Waals surface area contributed by atoms with Crippen LogP contribution in [0.3, 0.4) is 0 Å². The van der Waals surface area contributed by atoms with Crippen LogP contribution in [0.5, 0.6) is 0 Å². The molecule has 1 aliphatic heterocycles. The van der Waals surface area contributed by atoms with Gasteiger partial charge in [-0.3, -0.25) is 9.47 Å². The monoisotopic (exact) mass is 286 g/mol. The maximum Gasteiger partial charge on any atom is 0.241 e. The van der Waals surface area contributed by atoms with Gasteiger partial charge in [-0.15, -0.1) is 0 Å². The van der Waals surface area contributed by atoms with Gasteiger partial charge in [0.2, 0.25) is 17.8 Å². The Labute approximate surface area is 122 Å². The average Bonchev–Trinajstić information content (AvgIpc) is 3.21. The maximum atomic E-state index is 5.82. The molecule has 0 bridgehead atoms. The molecule has 4 rings (SSSR count). The highest BCUT2D eigenvalue weighted by atomic mass is 15.4. The molecule has 2 aromatic heterocycles. The second-order valence-corrected chi connectivity index (χ2v) is 5.52. The molecule has 0 unspecified atom stereocenters. The van der Waals surface area contributed by atoms with E-state index >= 15 is 0 Å². The molecule has 8 nitrogen and oxygen atoms in total. The average molecular weight is 286 g/mol. The van der Waals surface area contributed by atoms with Crippen molar-refractivity contribution in [3.8, 4) is 5.95 Å². The number of imidazole rings is 1. The van der Waals surface area contributed by atoms with Gasteiger partial charge in [0.15, 0.2) is 0 Å². The van der Waals surface area contributed by atoms with E-state index in [1.165, 1.54) is 12.8 Å². The van der Waals surface area contributed by atoms with Crippen LogP contribution in [0.15, 0.2) is 18.7 Å². The molecule has 0 spiro atoms. The van der Waals surface area contributed by atoms with Crippen molar-refractivity contribution in [1.82, 2.24) is 29.4 Å². The van der Waals surface area contributed by atoms with Crippen LogP contribution in [0, 0.1) is 0 Å². The van der Waals surface area contributed by atoms with Gasteiger partial charge in [-0.2, -0.15) is 15.0 Å². The number of nitrogens with zero attached hydrogens (tertiary/aromatic N) is 7. The lowest BCUT2D eigenvalue weighted by atomic mass is 10.3. The van der Waals surface area contributed by atoms with E-state index in [9.17, 15) is 0 Å². The first kappa shape index (κ1) is 12.5. The number of anilines is 2. The van der Waals surface area contributed by atoms with E-state index in [-0.39, 0.29) is 5.95 Å². The van der Waals surface area contributed by atoms with Gasteiger partial charge >= 0.3 is 0 Å². The lowest BCUT2D eigenvalue weighted by Crippen LogP contribution is -2.47. The first-order valence-corrected chi connectivity index (χ1v) is 7.28. The molecule has 2 fully saturated rings. The second kappa shape index (κ2) is 4.96. The van der Waals surface area contributed by atoms with Crippen molar-refractivity contribution in [3.63, 3.8) is 0 Å². The van der Waals surface area contributed by atoms with Crippen LogP contribution in [0.1, 0.15) is 12.8 Å². The fraction of sp³-hybridized carbons (Fsp3) is 0.538. The van der Waals surface area contributed by atoms with Crippen LogP contribution in [0.2, 0.25) is 0 Å². The lowest BCUT2D eigenvalue weighted by molar-refractivity contribution is 0.247. The van der Waals surface area contributed by atoms with Crippen molar-refractivity contribution < 1.29 is 0 Å².